The molecule has 1 saturated heterocycles. The van der Waals surface area contributed by atoms with Crippen molar-refractivity contribution in [2.45, 2.75) is 24.6 Å². The normalized spacial score (nSPS) is 24.1. The summed E-state index contributed by atoms with van der Waals surface area (Å²) < 4.78 is 51.0. The standard InChI is InChI=1S/C13H14F4N2O/c1-19-6-8(5-11(19)12(18)20)7-2-3-9(10(14)4-7)13(15,16)17/h2-4,8,11H,5-6H2,1H3,(H2,18,20). The number of carbonyl (C=O) groups is 1. The van der Waals surface area contributed by atoms with E-state index >= 15 is 0 Å². The minimum Gasteiger partial charge on any atom is -0.368 e. The van der Waals surface area contributed by atoms with Gasteiger partial charge in [-0.15, -0.1) is 0 Å². The first-order valence-electron chi connectivity index (χ1n) is 6.06. The van der Waals surface area contributed by atoms with Crippen LogP contribution in [0.4, 0.5) is 17.6 Å². The summed E-state index contributed by atoms with van der Waals surface area (Å²) in [5.41, 5.74) is 4.41. The van der Waals surface area contributed by atoms with E-state index in [1.54, 1.807) is 11.9 Å². The summed E-state index contributed by atoms with van der Waals surface area (Å²) in [5.74, 6) is -1.98. The maximum absolute atomic E-state index is 13.5. The van der Waals surface area contributed by atoms with Gasteiger partial charge in [0.05, 0.1) is 11.6 Å². The summed E-state index contributed by atoms with van der Waals surface area (Å²) in [5, 5.41) is 0. The van der Waals surface area contributed by atoms with Gasteiger partial charge in [-0.25, -0.2) is 4.39 Å². The number of nitrogens with zero attached hydrogens (tertiary/aromatic N) is 1. The highest BCUT2D eigenvalue weighted by molar-refractivity contribution is 5.80. The van der Waals surface area contributed by atoms with Crippen molar-refractivity contribution in [2.75, 3.05) is 13.6 Å². The van der Waals surface area contributed by atoms with Crippen LogP contribution in [0.3, 0.4) is 0 Å². The van der Waals surface area contributed by atoms with Crippen LogP contribution >= 0.6 is 0 Å². The number of alkyl halides is 3. The van der Waals surface area contributed by atoms with Crippen molar-refractivity contribution >= 4 is 5.91 Å². The Bertz CT molecular complexity index is 530. The quantitative estimate of drug-likeness (QED) is 0.848. The van der Waals surface area contributed by atoms with E-state index in [1.165, 1.54) is 6.07 Å². The lowest BCUT2D eigenvalue weighted by Gasteiger charge is -2.14. The van der Waals surface area contributed by atoms with Crippen LogP contribution in [-0.2, 0) is 11.0 Å². The van der Waals surface area contributed by atoms with Crippen LogP contribution < -0.4 is 5.73 Å². The fraction of sp³-hybridized carbons (Fsp3) is 0.462. The maximum atomic E-state index is 13.5. The second-order valence-electron chi connectivity index (χ2n) is 5.03. The van der Waals surface area contributed by atoms with Crippen molar-refractivity contribution in [3.8, 4) is 0 Å². The lowest BCUT2D eigenvalue weighted by molar-refractivity contribution is -0.140. The van der Waals surface area contributed by atoms with Crippen LogP contribution in [0.1, 0.15) is 23.5 Å². The molecule has 3 nitrogen and oxygen atoms in total. The number of benzene rings is 1. The molecular formula is C13H14F4N2O. The first-order valence-corrected chi connectivity index (χ1v) is 6.06. The first-order chi connectivity index (χ1) is 9.20. The van der Waals surface area contributed by atoms with E-state index in [4.69, 9.17) is 5.73 Å². The summed E-state index contributed by atoms with van der Waals surface area (Å²) in [6.07, 6.45) is -4.32. The van der Waals surface area contributed by atoms with E-state index in [-0.39, 0.29) is 5.92 Å². The van der Waals surface area contributed by atoms with E-state index in [2.05, 4.69) is 0 Å². The molecule has 110 valence electrons. The molecule has 0 radical (unpaired) electrons. The molecule has 0 aliphatic carbocycles. The molecule has 1 aromatic carbocycles. The second-order valence-corrected chi connectivity index (χ2v) is 5.03. The molecule has 20 heavy (non-hydrogen) atoms. The van der Waals surface area contributed by atoms with Crippen molar-refractivity contribution in [3.63, 3.8) is 0 Å². The van der Waals surface area contributed by atoms with Gasteiger partial charge in [0, 0.05) is 6.54 Å². The summed E-state index contributed by atoms with van der Waals surface area (Å²) in [6.45, 7) is 0.457. The zero-order valence-corrected chi connectivity index (χ0v) is 10.7. The fourth-order valence-corrected chi connectivity index (χ4v) is 2.59. The number of hydrogen-bond donors (Lipinski definition) is 1. The number of halogens is 4. The van der Waals surface area contributed by atoms with Crippen LogP contribution in [0, 0.1) is 5.82 Å². The van der Waals surface area contributed by atoms with Gasteiger partial charge in [0.2, 0.25) is 5.91 Å². The summed E-state index contributed by atoms with van der Waals surface area (Å²) in [7, 11) is 1.70. The van der Waals surface area contributed by atoms with Gasteiger partial charge in [-0.1, -0.05) is 6.07 Å². The Hall–Kier alpha value is -1.63. The predicted molar refractivity (Wildman–Crippen MR) is 64.4 cm³/mol. The van der Waals surface area contributed by atoms with E-state index in [0.717, 1.165) is 12.1 Å². The molecule has 1 fully saturated rings. The van der Waals surface area contributed by atoms with Gasteiger partial charge in [0.25, 0.3) is 0 Å². The fourth-order valence-electron chi connectivity index (χ4n) is 2.59. The lowest BCUT2D eigenvalue weighted by Crippen LogP contribution is -2.37. The average Bonchev–Trinajstić information content (AvgIpc) is 2.69. The van der Waals surface area contributed by atoms with Crippen LogP contribution in [0.25, 0.3) is 0 Å². The predicted octanol–water partition coefficient (Wildman–Crippen LogP) is 2.12. The average molecular weight is 290 g/mol. The molecule has 2 unspecified atom stereocenters. The molecule has 1 aliphatic rings. The van der Waals surface area contributed by atoms with Crippen molar-refractivity contribution in [1.29, 1.82) is 0 Å². The molecule has 7 heteroatoms. The molecular weight excluding hydrogens is 276 g/mol. The Labute approximate surface area is 113 Å². The molecule has 2 N–H and O–H groups in total. The Kier molecular flexibility index (Phi) is 3.73. The molecule has 0 bridgehead atoms. The topological polar surface area (TPSA) is 46.3 Å². The minimum absolute atomic E-state index is 0.200. The van der Waals surface area contributed by atoms with Gasteiger partial charge in [0.1, 0.15) is 5.82 Å². The molecule has 1 aromatic rings. The van der Waals surface area contributed by atoms with Gasteiger partial charge in [-0.2, -0.15) is 13.2 Å². The van der Waals surface area contributed by atoms with Gasteiger partial charge in [0.15, 0.2) is 0 Å². The highest BCUT2D eigenvalue weighted by atomic mass is 19.4. The van der Waals surface area contributed by atoms with E-state index in [0.29, 0.717) is 18.5 Å². The van der Waals surface area contributed by atoms with Crippen LogP contribution in [-0.4, -0.2) is 30.4 Å². The summed E-state index contributed by atoms with van der Waals surface area (Å²) in [4.78, 5) is 12.9. The zero-order chi connectivity index (χ0) is 15.1. The molecule has 2 atom stereocenters. The highest BCUT2D eigenvalue weighted by Crippen LogP contribution is 2.35. The Morgan fingerprint density at radius 2 is 2.05 bits per heavy atom. The molecule has 1 heterocycles. The smallest absolute Gasteiger partial charge is 0.368 e. The van der Waals surface area contributed by atoms with Gasteiger partial charge in [-0.05, 0) is 37.1 Å². The number of carbonyl (C=O) groups excluding carboxylic acids is 1. The first kappa shape index (κ1) is 14.8. The van der Waals surface area contributed by atoms with E-state index in [9.17, 15) is 22.4 Å². The van der Waals surface area contributed by atoms with Crippen LogP contribution in [0.5, 0.6) is 0 Å². The minimum atomic E-state index is -4.70. The SMILES string of the molecule is CN1CC(c2ccc(C(F)(F)F)c(F)c2)CC1C(N)=O. The van der Waals surface area contributed by atoms with Gasteiger partial charge >= 0.3 is 6.18 Å². The van der Waals surface area contributed by atoms with E-state index in [1.807, 2.05) is 0 Å². The van der Waals surface area contributed by atoms with Crippen molar-refractivity contribution in [2.24, 2.45) is 5.73 Å². The summed E-state index contributed by atoms with van der Waals surface area (Å²) in [6, 6.07) is 2.42. The molecule has 1 amide bonds. The zero-order valence-electron chi connectivity index (χ0n) is 10.7. The number of amides is 1. The third-order valence-electron chi connectivity index (χ3n) is 3.65. The molecule has 0 saturated carbocycles. The number of likely N-dealkylation sites (N-methyl/N-ethyl adjacent to an activating group) is 1. The van der Waals surface area contributed by atoms with Crippen molar-refractivity contribution in [1.82, 2.24) is 4.90 Å². The van der Waals surface area contributed by atoms with Crippen molar-refractivity contribution < 1.29 is 22.4 Å². The van der Waals surface area contributed by atoms with Crippen LogP contribution in [0.2, 0.25) is 0 Å². The Morgan fingerprint density at radius 3 is 2.50 bits per heavy atom. The number of nitrogens with two attached hydrogens (primary N) is 1. The van der Waals surface area contributed by atoms with Crippen LogP contribution in [0.15, 0.2) is 18.2 Å². The van der Waals surface area contributed by atoms with Gasteiger partial charge in [-0.3, -0.25) is 9.69 Å². The molecule has 1 aliphatic heterocycles. The van der Waals surface area contributed by atoms with Gasteiger partial charge < -0.3 is 5.73 Å². The number of likely N-dealkylation sites (tertiary alicyclic amines) is 1. The molecule has 0 spiro atoms. The number of rotatable bonds is 2. The monoisotopic (exact) mass is 290 g/mol. The Morgan fingerprint density at radius 1 is 1.40 bits per heavy atom. The maximum Gasteiger partial charge on any atom is 0.419 e. The number of primary amides is 1. The largest absolute Gasteiger partial charge is 0.419 e. The van der Waals surface area contributed by atoms with Crippen molar-refractivity contribution in [3.05, 3.63) is 35.1 Å². The second kappa shape index (κ2) is 5.05. The molecule has 0 aromatic heterocycles. The van der Waals surface area contributed by atoms with E-state index < -0.39 is 29.5 Å². The third kappa shape index (κ3) is 2.77. The summed E-state index contributed by atoms with van der Waals surface area (Å²) >= 11 is 0. The third-order valence-corrected chi connectivity index (χ3v) is 3.65. The molecule has 2 rings (SSSR count). The lowest BCUT2D eigenvalue weighted by atomic mass is 9.95. The highest BCUT2D eigenvalue weighted by Gasteiger charge is 2.37. The number of hydrogen-bond acceptors (Lipinski definition) is 2. The Balaban J connectivity index is 2.24.